The number of halogens is 1. The van der Waals surface area contributed by atoms with Gasteiger partial charge in [0.05, 0.1) is 5.02 Å². The van der Waals surface area contributed by atoms with Gasteiger partial charge in [0.1, 0.15) is 5.76 Å². The molecular formula is C18H24ClNO. The standard InChI is InChI=1S/C18H24ClNO/c1-2-4-12-7-8-14(11-20)15(9-12)17-10-13-5-3-6-16(19)18(13)21-17/h3,5-6,10,12,14-15H,2,4,7-9,11,20H2,1H3. The Morgan fingerprint density at radius 1 is 1.33 bits per heavy atom. The second kappa shape index (κ2) is 6.41. The molecule has 0 radical (unpaired) electrons. The predicted molar refractivity (Wildman–Crippen MR) is 88.8 cm³/mol. The Morgan fingerprint density at radius 3 is 2.90 bits per heavy atom. The molecule has 1 aromatic carbocycles. The second-order valence-corrected chi connectivity index (χ2v) is 6.78. The number of nitrogens with two attached hydrogens (primary N) is 1. The molecule has 1 heterocycles. The van der Waals surface area contributed by atoms with E-state index in [0.717, 1.165) is 29.2 Å². The Balaban J connectivity index is 1.91. The van der Waals surface area contributed by atoms with Crippen LogP contribution in [0.25, 0.3) is 11.0 Å². The largest absolute Gasteiger partial charge is 0.459 e. The highest BCUT2D eigenvalue weighted by Crippen LogP contribution is 2.43. The number of fused-ring (bicyclic) bond motifs is 1. The highest BCUT2D eigenvalue weighted by molar-refractivity contribution is 6.34. The monoisotopic (exact) mass is 305 g/mol. The number of hydrogen-bond donors (Lipinski definition) is 1. The summed E-state index contributed by atoms with van der Waals surface area (Å²) in [6, 6.07) is 8.10. The molecule has 0 saturated heterocycles. The normalized spacial score (nSPS) is 26.3. The lowest BCUT2D eigenvalue weighted by Gasteiger charge is -2.34. The van der Waals surface area contributed by atoms with Crippen molar-refractivity contribution in [3.05, 3.63) is 35.0 Å². The Labute approximate surface area is 131 Å². The van der Waals surface area contributed by atoms with Crippen molar-refractivity contribution in [1.82, 2.24) is 0 Å². The van der Waals surface area contributed by atoms with Crippen LogP contribution in [0.2, 0.25) is 5.02 Å². The fourth-order valence-corrected chi connectivity index (χ4v) is 4.07. The maximum absolute atomic E-state index is 6.24. The molecule has 0 amide bonds. The predicted octanol–water partition coefficient (Wildman–Crippen LogP) is 5.34. The smallest absolute Gasteiger partial charge is 0.152 e. The summed E-state index contributed by atoms with van der Waals surface area (Å²) in [6.07, 6.45) is 6.31. The molecule has 3 atom stereocenters. The number of furan rings is 1. The van der Waals surface area contributed by atoms with Crippen LogP contribution in [0, 0.1) is 11.8 Å². The molecule has 2 aromatic rings. The molecule has 0 aliphatic heterocycles. The third-order valence-corrected chi connectivity index (χ3v) is 5.28. The van der Waals surface area contributed by atoms with Gasteiger partial charge in [0.25, 0.3) is 0 Å². The van der Waals surface area contributed by atoms with E-state index in [1.54, 1.807) is 0 Å². The van der Waals surface area contributed by atoms with E-state index in [-0.39, 0.29) is 0 Å². The topological polar surface area (TPSA) is 39.2 Å². The van der Waals surface area contributed by atoms with Crippen molar-refractivity contribution in [2.75, 3.05) is 6.54 Å². The summed E-state index contributed by atoms with van der Waals surface area (Å²) in [7, 11) is 0. The lowest BCUT2D eigenvalue weighted by atomic mass is 9.72. The molecule has 3 unspecified atom stereocenters. The fraction of sp³-hybridized carbons (Fsp3) is 0.556. The Hall–Kier alpha value is -0.990. The van der Waals surface area contributed by atoms with E-state index in [4.69, 9.17) is 21.8 Å². The summed E-state index contributed by atoms with van der Waals surface area (Å²) in [5.41, 5.74) is 6.83. The van der Waals surface area contributed by atoms with Crippen LogP contribution in [0.3, 0.4) is 0 Å². The molecule has 1 saturated carbocycles. The van der Waals surface area contributed by atoms with Crippen molar-refractivity contribution in [3.63, 3.8) is 0 Å². The van der Waals surface area contributed by atoms with Gasteiger partial charge in [-0.3, -0.25) is 0 Å². The van der Waals surface area contributed by atoms with Gasteiger partial charge in [-0.2, -0.15) is 0 Å². The van der Waals surface area contributed by atoms with E-state index in [1.807, 2.05) is 12.1 Å². The molecule has 1 aliphatic rings. The molecular weight excluding hydrogens is 282 g/mol. The molecule has 0 spiro atoms. The van der Waals surface area contributed by atoms with Gasteiger partial charge in [0.2, 0.25) is 0 Å². The maximum atomic E-state index is 6.24. The summed E-state index contributed by atoms with van der Waals surface area (Å²) in [5.74, 6) is 2.88. The first-order valence-corrected chi connectivity index (χ1v) is 8.48. The Kier molecular flexibility index (Phi) is 4.56. The summed E-state index contributed by atoms with van der Waals surface area (Å²) in [5, 5.41) is 1.80. The van der Waals surface area contributed by atoms with Crippen LogP contribution in [-0.4, -0.2) is 6.54 Å². The van der Waals surface area contributed by atoms with Crippen LogP contribution in [0.4, 0.5) is 0 Å². The molecule has 3 heteroatoms. The van der Waals surface area contributed by atoms with Crippen molar-refractivity contribution in [2.24, 2.45) is 17.6 Å². The van der Waals surface area contributed by atoms with Crippen LogP contribution in [-0.2, 0) is 0 Å². The van der Waals surface area contributed by atoms with E-state index >= 15 is 0 Å². The van der Waals surface area contributed by atoms with E-state index in [1.165, 1.54) is 32.1 Å². The second-order valence-electron chi connectivity index (χ2n) is 6.38. The van der Waals surface area contributed by atoms with E-state index < -0.39 is 0 Å². The third kappa shape index (κ3) is 2.97. The zero-order chi connectivity index (χ0) is 14.8. The highest BCUT2D eigenvalue weighted by atomic mass is 35.5. The average Bonchev–Trinajstić information content (AvgIpc) is 2.93. The average molecular weight is 306 g/mol. The molecule has 2 N–H and O–H groups in total. The summed E-state index contributed by atoms with van der Waals surface area (Å²) in [6.45, 7) is 3.01. The van der Waals surface area contributed by atoms with Gasteiger partial charge in [0, 0.05) is 11.3 Å². The Bertz CT molecular complexity index is 606. The molecule has 3 rings (SSSR count). The van der Waals surface area contributed by atoms with Crippen molar-refractivity contribution in [3.8, 4) is 0 Å². The van der Waals surface area contributed by atoms with Gasteiger partial charge in [-0.25, -0.2) is 0 Å². The molecule has 2 nitrogen and oxygen atoms in total. The van der Waals surface area contributed by atoms with Crippen molar-refractivity contribution < 1.29 is 4.42 Å². The quantitative estimate of drug-likeness (QED) is 0.827. The molecule has 1 aliphatic carbocycles. The first-order chi connectivity index (χ1) is 10.2. The number of hydrogen-bond acceptors (Lipinski definition) is 2. The van der Waals surface area contributed by atoms with Crippen LogP contribution < -0.4 is 5.73 Å². The van der Waals surface area contributed by atoms with Crippen molar-refractivity contribution in [2.45, 2.75) is 44.9 Å². The summed E-state index contributed by atoms with van der Waals surface area (Å²) in [4.78, 5) is 0. The maximum Gasteiger partial charge on any atom is 0.152 e. The van der Waals surface area contributed by atoms with Crippen molar-refractivity contribution in [1.29, 1.82) is 0 Å². The van der Waals surface area contributed by atoms with E-state index in [2.05, 4.69) is 19.1 Å². The lowest BCUT2D eigenvalue weighted by molar-refractivity contribution is 0.211. The van der Waals surface area contributed by atoms with Crippen molar-refractivity contribution >= 4 is 22.6 Å². The third-order valence-electron chi connectivity index (χ3n) is 4.98. The van der Waals surface area contributed by atoms with Gasteiger partial charge in [-0.15, -0.1) is 0 Å². The first kappa shape index (κ1) is 14.9. The van der Waals surface area contributed by atoms with Gasteiger partial charge >= 0.3 is 0 Å². The van der Waals surface area contributed by atoms with Crippen LogP contribution in [0.1, 0.15) is 50.7 Å². The number of rotatable bonds is 4. The summed E-state index contributed by atoms with van der Waals surface area (Å²) >= 11 is 6.24. The first-order valence-electron chi connectivity index (χ1n) is 8.11. The SMILES string of the molecule is CCCC1CCC(CN)C(c2cc3cccc(Cl)c3o2)C1. The minimum Gasteiger partial charge on any atom is -0.459 e. The molecule has 0 bridgehead atoms. The molecule has 1 fully saturated rings. The van der Waals surface area contributed by atoms with E-state index in [9.17, 15) is 0 Å². The Morgan fingerprint density at radius 2 is 2.19 bits per heavy atom. The number of benzene rings is 1. The molecule has 1 aromatic heterocycles. The van der Waals surface area contributed by atoms with Crippen LogP contribution in [0.15, 0.2) is 28.7 Å². The highest BCUT2D eigenvalue weighted by Gasteiger charge is 2.32. The molecule has 114 valence electrons. The van der Waals surface area contributed by atoms with Crippen LogP contribution >= 0.6 is 11.6 Å². The van der Waals surface area contributed by atoms with Gasteiger partial charge in [-0.1, -0.05) is 49.9 Å². The summed E-state index contributed by atoms with van der Waals surface area (Å²) < 4.78 is 6.11. The van der Waals surface area contributed by atoms with E-state index in [0.29, 0.717) is 16.9 Å². The number of para-hydroxylation sites is 1. The van der Waals surface area contributed by atoms with Crippen LogP contribution in [0.5, 0.6) is 0 Å². The van der Waals surface area contributed by atoms with Gasteiger partial charge < -0.3 is 10.2 Å². The van der Waals surface area contributed by atoms with Gasteiger partial charge in [-0.05, 0) is 43.4 Å². The minimum absolute atomic E-state index is 0.448. The zero-order valence-corrected chi connectivity index (χ0v) is 13.4. The van der Waals surface area contributed by atoms with Gasteiger partial charge in [0.15, 0.2) is 5.58 Å². The fourth-order valence-electron chi connectivity index (χ4n) is 3.85. The zero-order valence-electron chi connectivity index (χ0n) is 12.6. The molecule has 21 heavy (non-hydrogen) atoms. The lowest BCUT2D eigenvalue weighted by Crippen LogP contribution is -2.28. The minimum atomic E-state index is 0.448.